The summed E-state index contributed by atoms with van der Waals surface area (Å²) in [6.07, 6.45) is 8.23. The van der Waals surface area contributed by atoms with E-state index < -0.39 is 10.8 Å². The fourth-order valence-electron chi connectivity index (χ4n) is 8.71. The summed E-state index contributed by atoms with van der Waals surface area (Å²) in [6.45, 7) is 7.42. The number of anilines is 2. The summed E-state index contributed by atoms with van der Waals surface area (Å²) in [6, 6.07) is 40.9. The van der Waals surface area contributed by atoms with Gasteiger partial charge in [0, 0.05) is 17.9 Å². The van der Waals surface area contributed by atoms with Crippen LogP contribution < -0.4 is 35.3 Å². The highest BCUT2D eigenvalue weighted by Gasteiger charge is 2.52. The van der Waals surface area contributed by atoms with E-state index in [4.69, 9.17) is 24.7 Å². The number of nitrogens with two attached hydrogens (primary N) is 1. The minimum atomic E-state index is -0.491. The van der Waals surface area contributed by atoms with E-state index in [1.54, 1.807) is 0 Å². The van der Waals surface area contributed by atoms with Gasteiger partial charge in [-0.3, -0.25) is 9.59 Å². The maximum absolute atomic E-state index is 13.3. The fraction of sp³-hybridized carbons (Fsp3) is 0.296. The standard InChI is InChI=1S/C29H31NO3.C25H24N2O3/c1-3-4-5-6-21-8-10-22(11-9-21)25-18-24(13-7-20(25)2)30-28(31)29(15-16-29)23-12-14-26-27(17-23)33-19-32-26;1-16-2-8-20(13-21(16)18-5-3-17(14-26)4-6-18)27-24(28)25(10-11-25)19-7-9-22-23(12-19)30-15-29-22/h7-14,17-18H,3-6,15-16,19H2,1-2H3,(H,30,31);2-9,12-13H,10-11,14-15,26H2,1H3,(H,27,28). The van der Waals surface area contributed by atoms with E-state index in [9.17, 15) is 9.59 Å². The lowest BCUT2D eigenvalue weighted by Crippen LogP contribution is -2.27. The van der Waals surface area contributed by atoms with Crippen molar-refractivity contribution in [2.45, 2.75) is 89.5 Å². The van der Waals surface area contributed by atoms with E-state index in [-0.39, 0.29) is 25.4 Å². The topological polar surface area (TPSA) is 121 Å². The minimum absolute atomic E-state index is 0.0228. The molecule has 63 heavy (non-hydrogen) atoms. The lowest BCUT2D eigenvalue weighted by Gasteiger charge is -2.17. The number of carbonyl (C=O) groups is 2. The Morgan fingerprint density at radius 3 is 1.41 bits per heavy atom. The molecule has 2 aliphatic heterocycles. The van der Waals surface area contributed by atoms with Crippen LogP contribution in [0.1, 0.15) is 85.3 Å². The summed E-state index contributed by atoms with van der Waals surface area (Å²) >= 11 is 0. The van der Waals surface area contributed by atoms with Crippen LogP contribution in [0.5, 0.6) is 23.0 Å². The predicted molar refractivity (Wildman–Crippen MR) is 249 cm³/mol. The van der Waals surface area contributed by atoms with Crippen LogP contribution in [0.2, 0.25) is 0 Å². The third kappa shape index (κ3) is 8.75. The molecule has 2 fully saturated rings. The summed E-state index contributed by atoms with van der Waals surface area (Å²) in [7, 11) is 0. The van der Waals surface area contributed by atoms with Crippen molar-refractivity contribution in [1.82, 2.24) is 0 Å². The van der Waals surface area contributed by atoms with Crippen molar-refractivity contribution in [3.05, 3.63) is 155 Å². The second-order valence-electron chi connectivity index (χ2n) is 17.3. The van der Waals surface area contributed by atoms with Crippen molar-refractivity contribution in [3.8, 4) is 45.3 Å². The molecule has 0 atom stereocenters. The average Bonchev–Trinajstić information content (AvgIpc) is 4.21. The van der Waals surface area contributed by atoms with Gasteiger partial charge < -0.3 is 35.3 Å². The first-order chi connectivity index (χ1) is 30.7. The van der Waals surface area contributed by atoms with Crippen molar-refractivity contribution in [2.75, 3.05) is 24.2 Å². The van der Waals surface area contributed by atoms with Gasteiger partial charge in [-0.2, -0.15) is 0 Å². The highest BCUT2D eigenvalue weighted by atomic mass is 16.7. The quantitative estimate of drug-likeness (QED) is 0.0990. The molecule has 2 amide bonds. The number of benzene rings is 6. The molecule has 0 saturated heterocycles. The molecule has 4 aliphatic rings. The summed E-state index contributed by atoms with van der Waals surface area (Å²) in [5, 5.41) is 6.32. The lowest BCUT2D eigenvalue weighted by atomic mass is 9.94. The monoisotopic (exact) mass is 841 g/mol. The minimum Gasteiger partial charge on any atom is -0.454 e. The van der Waals surface area contributed by atoms with Gasteiger partial charge in [-0.25, -0.2) is 0 Å². The SMILES string of the molecule is CCCCCc1ccc(-c2cc(NC(=O)C3(c4ccc5c(c4)OCO5)CC3)ccc2C)cc1.Cc1ccc(NC(=O)C2(c3ccc4c(c3)OCO4)CC2)cc1-c1ccc(CN)cc1. The molecule has 9 heteroatoms. The Morgan fingerprint density at radius 2 is 0.984 bits per heavy atom. The van der Waals surface area contributed by atoms with Crippen LogP contribution in [0.4, 0.5) is 11.4 Å². The largest absolute Gasteiger partial charge is 0.454 e. The molecule has 6 aromatic rings. The van der Waals surface area contributed by atoms with E-state index in [2.05, 4.69) is 79.9 Å². The zero-order valence-corrected chi connectivity index (χ0v) is 36.4. The Hall–Kier alpha value is -6.58. The van der Waals surface area contributed by atoms with Crippen LogP contribution in [0, 0.1) is 13.8 Å². The zero-order chi connectivity index (χ0) is 43.6. The van der Waals surface area contributed by atoms with Crippen molar-refractivity contribution in [2.24, 2.45) is 5.73 Å². The van der Waals surface area contributed by atoms with Gasteiger partial charge in [0.25, 0.3) is 0 Å². The van der Waals surface area contributed by atoms with Gasteiger partial charge in [0.15, 0.2) is 23.0 Å². The predicted octanol–water partition coefficient (Wildman–Crippen LogP) is 11.3. The van der Waals surface area contributed by atoms with Crippen LogP contribution in [-0.2, 0) is 33.4 Å². The Labute approximate surface area is 369 Å². The molecule has 0 bridgehead atoms. The number of hydrogen-bond acceptors (Lipinski definition) is 7. The summed E-state index contributed by atoms with van der Waals surface area (Å²) in [5.74, 6) is 2.98. The molecule has 2 aliphatic carbocycles. The number of amides is 2. The second-order valence-corrected chi connectivity index (χ2v) is 17.3. The summed E-state index contributed by atoms with van der Waals surface area (Å²) in [5.41, 5.74) is 17.7. The molecule has 0 unspecified atom stereocenters. The average molecular weight is 842 g/mol. The van der Waals surface area contributed by atoms with Gasteiger partial charge in [0.05, 0.1) is 10.8 Å². The number of rotatable bonds is 13. The molecule has 2 heterocycles. The number of hydrogen-bond donors (Lipinski definition) is 3. The van der Waals surface area contributed by atoms with E-state index in [1.165, 1.54) is 36.0 Å². The number of nitrogens with one attached hydrogen (secondary N) is 2. The molecule has 0 spiro atoms. The van der Waals surface area contributed by atoms with Crippen LogP contribution in [0.3, 0.4) is 0 Å². The number of ether oxygens (including phenoxy) is 4. The lowest BCUT2D eigenvalue weighted by molar-refractivity contribution is -0.119. The molecule has 0 aromatic heterocycles. The summed E-state index contributed by atoms with van der Waals surface area (Å²) in [4.78, 5) is 26.5. The number of fused-ring (bicyclic) bond motifs is 2. The molecule has 9 nitrogen and oxygen atoms in total. The molecule has 2 saturated carbocycles. The normalized spacial score (nSPS) is 15.5. The van der Waals surface area contributed by atoms with E-state index in [0.29, 0.717) is 12.3 Å². The Kier molecular flexibility index (Phi) is 11.7. The summed E-state index contributed by atoms with van der Waals surface area (Å²) < 4.78 is 21.8. The molecular weight excluding hydrogens is 787 g/mol. The van der Waals surface area contributed by atoms with E-state index >= 15 is 0 Å². The first-order valence-electron chi connectivity index (χ1n) is 22.2. The van der Waals surface area contributed by atoms with Gasteiger partial charge in [-0.05, 0) is 157 Å². The van der Waals surface area contributed by atoms with Gasteiger partial charge >= 0.3 is 0 Å². The maximum Gasteiger partial charge on any atom is 0.235 e. The van der Waals surface area contributed by atoms with Crippen molar-refractivity contribution < 1.29 is 28.5 Å². The molecular formula is C54H55N3O6. The Bertz CT molecular complexity index is 2650. The van der Waals surface area contributed by atoms with Gasteiger partial charge in [0.1, 0.15) is 0 Å². The fourth-order valence-corrected chi connectivity index (χ4v) is 8.71. The van der Waals surface area contributed by atoms with Crippen molar-refractivity contribution in [3.63, 3.8) is 0 Å². The van der Waals surface area contributed by atoms with Gasteiger partial charge in [0.2, 0.25) is 25.4 Å². The molecule has 10 rings (SSSR count). The molecule has 6 aromatic carbocycles. The van der Waals surface area contributed by atoms with E-state index in [1.807, 2.05) is 72.8 Å². The second kappa shape index (κ2) is 17.7. The first-order valence-corrected chi connectivity index (χ1v) is 22.2. The Balaban J connectivity index is 0.000000161. The molecule has 322 valence electrons. The third-order valence-electron chi connectivity index (χ3n) is 13.0. The zero-order valence-electron chi connectivity index (χ0n) is 36.4. The van der Waals surface area contributed by atoms with Crippen molar-refractivity contribution in [1.29, 1.82) is 0 Å². The van der Waals surface area contributed by atoms with E-state index in [0.717, 1.165) is 99.7 Å². The van der Waals surface area contributed by atoms with Crippen LogP contribution in [0.25, 0.3) is 22.3 Å². The third-order valence-corrected chi connectivity index (χ3v) is 13.0. The number of aryl methyl sites for hydroxylation is 3. The van der Waals surface area contributed by atoms with Crippen LogP contribution in [0.15, 0.2) is 121 Å². The molecule has 0 radical (unpaired) electrons. The van der Waals surface area contributed by atoms with Crippen LogP contribution in [-0.4, -0.2) is 25.4 Å². The molecule has 4 N–H and O–H groups in total. The van der Waals surface area contributed by atoms with Gasteiger partial charge in [-0.15, -0.1) is 0 Å². The van der Waals surface area contributed by atoms with Gasteiger partial charge in [-0.1, -0.05) is 92.6 Å². The van der Waals surface area contributed by atoms with Crippen molar-refractivity contribution >= 4 is 23.2 Å². The maximum atomic E-state index is 13.3. The smallest absolute Gasteiger partial charge is 0.235 e. The number of unbranched alkanes of at least 4 members (excludes halogenated alkanes) is 2. The highest BCUT2D eigenvalue weighted by Crippen LogP contribution is 2.52. The first kappa shape index (κ1) is 41.8. The Morgan fingerprint density at radius 1 is 0.540 bits per heavy atom. The van der Waals surface area contributed by atoms with Crippen LogP contribution >= 0.6 is 0 Å². The highest BCUT2D eigenvalue weighted by molar-refractivity contribution is 6.03. The number of carbonyl (C=O) groups excluding carboxylic acids is 2.